The second kappa shape index (κ2) is 11.7. The number of carbonyl (C=O) groups excluding carboxylic acids is 1. The molecule has 0 saturated carbocycles. The first-order valence-corrected chi connectivity index (χ1v) is 15.0. The van der Waals surface area contributed by atoms with Gasteiger partial charge in [0.15, 0.2) is 21.3 Å². The van der Waals surface area contributed by atoms with Crippen LogP contribution in [0.25, 0.3) is 11.1 Å². The topological polar surface area (TPSA) is 128 Å². The minimum atomic E-state index is -2.32. The number of fused-ring (bicyclic) bond motifs is 3. The summed E-state index contributed by atoms with van der Waals surface area (Å²) in [5, 5.41) is 3.11. The summed E-state index contributed by atoms with van der Waals surface area (Å²) in [6.45, 7) is 1.74. The third kappa shape index (κ3) is 5.38. The number of aryl methyl sites for hydroxylation is 2. The lowest BCUT2D eigenvalue weighted by molar-refractivity contribution is -0.121. The van der Waals surface area contributed by atoms with Crippen LogP contribution in [-0.4, -0.2) is 42.7 Å². The summed E-state index contributed by atoms with van der Waals surface area (Å²) in [7, 11) is 2.35. The summed E-state index contributed by atoms with van der Waals surface area (Å²) in [6, 6.07) is 6.74. The van der Waals surface area contributed by atoms with Gasteiger partial charge >= 0.3 is 0 Å². The number of hydrogen-bond donors (Lipinski definition) is 3. The van der Waals surface area contributed by atoms with Crippen LogP contribution in [0.2, 0.25) is 0 Å². The molecule has 2 atom stereocenters. The van der Waals surface area contributed by atoms with Gasteiger partial charge in [-0.15, -0.1) is 23.1 Å². The summed E-state index contributed by atoms with van der Waals surface area (Å²) in [5.74, 6) is 1.23. The molecule has 1 aliphatic carbocycles. The second-order valence-electron chi connectivity index (χ2n) is 8.59. The van der Waals surface area contributed by atoms with Crippen LogP contribution in [0.4, 0.5) is 0 Å². The van der Waals surface area contributed by atoms with E-state index in [0.29, 0.717) is 51.1 Å². The minimum Gasteiger partial charge on any atom is -0.493 e. The number of rotatable bonds is 8. The molecule has 0 bridgehead atoms. The van der Waals surface area contributed by atoms with Crippen LogP contribution in [0.5, 0.6) is 17.2 Å². The van der Waals surface area contributed by atoms with Gasteiger partial charge in [0.25, 0.3) is 0 Å². The zero-order valence-corrected chi connectivity index (χ0v) is 24.2. The van der Waals surface area contributed by atoms with E-state index in [4.69, 9.17) is 19.0 Å². The molecule has 1 aliphatic rings. The maximum Gasteiger partial charge on any atom is 0.225 e. The zero-order chi connectivity index (χ0) is 27.6. The molecule has 2 aromatic carbocycles. The Morgan fingerprint density at radius 3 is 2.55 bits per heavy atom. The molecule has 1 aromatic heterocycles. The third-order valence-corrected chi connectivity index (χ3v) is 9.39. The van der Waals surface area contributed by atoms with Crippen molar-refractivity contribution in [2.24, 2.45) is 0 Å². The Morgan fingerprint density at radius 2 is 1.95 bits per heavy atom. The molecule has 0 radical (unpaired) electrons. The molecule has 4 rings (SSSR count). The van der Waals surface area contributed by atoms with Crippen molar-refractivity contribution in [1.29, 1.82) is 4.78 Å². The highest BCUT2D eigenvalue weighted by Gasteiger charge is 2.30. The molecule has 12 heteroatoms. The van der Waals surface area contributed by atoms with Crippen LogP contribution in [0, 0.1) is 11.7 Å². The number of nitrogens with zero attached hydrogens (tertiary/aromatic N) is 1. The fraction of sp³-hybridized carbons (Fsp3) is 0.346. The highest BCUT2D eigenvalue weighted by Crippen LogP contribution is 2.50. The van der Waals surface area contributed by atoms with Gasteiger partial charge in [-0.05, 0) is 60.9 Å². The lowest BCUT2D eigenvalue weighted by Crippen LogP contribution is -2.30. The van der Waals surface area contributed by atoms with Crippen molar-refractivity contribution in [3.63, 3.8) is 0 Å². The van der Waals surface area contributed by atoms with E-state index < -0.39 is 16.6 Å². The number of thiazole rings is 1. The Morgan fingerprint density at radius 1 is 1.21 bits per heavy atom. The Hall–Kier alpha value is -3.09. The van der Waals surface area contributed by atoms with Gasteiger partial charge in [-0.2, -0.15) is 0 Å². The van der Waals surface area contributed by atoms with Crippen molar-refractivity contribution in [2.75, 3.05) is 27.6 Å². The number of nitrogens with one attached hydrogen (secondary N) is 2. The molecule has 0 aliphatic heterocycles. The number of aromatic nitrogens is 1. The first-order valence-electron chi connectivity index (χ1n) is 11.7. The molecule has 9 nitrogen and oxygen atoms in total. The smallest absolute Gasteiger partial charge is 0.225 e. The zero-order valence-electron chi connectivity index (χ0n) is 21.7. The van der Waals surface area contributed by atoms with Gasteiger partial charge in [-0.25, -0.2) is 14.0 Å². The fourth-order valence-electron chi connectivity index (χ4n) is 4.67. The maximum atomic E-state index is 13.2. The molecular weight excluding hydrogens is 547 g/mol. The molecule has 38 heavy (non-hydrogen) atoms. The maximum absolute atomic E-state index is 13.2. The number of hydrogen-bond acceptors (Lipinski definition) is 10. The number of carbonyl (C=O) groups is 1. The second-order valence-corrected chi connectivity index (χ2v) is 11.8. The SMILES string of the molecule is COc1cc2c(c(OC)c1OC)-c1ccc(SC)c(=O)cc1[C@@H](NC(=O)Cc1sc([SH](=N)=O)nc1C)CC2. The van der Waals surface area contributed by atoms with Gasteiger partial charge in [0, 0.05) is 10.4 Å². The van der Waals surface area contributed by atoms with Crippen LogP contribution < -0.4 is 25.0 Å². The highest BCUT2D eigenvalue weighted by molar-refractivity contribution is 7.98. The van der Waals surface area contributed by atoms with Crippen LogP contribution in [-0.2, 0) is 28.2 Å². The van der Waals surface area contributed by atoms with Crippen LogP contribution in [0.15, 0.2) is 38.3 Å². The molecule has 3 aromatic rings. The lowest BCUT2D eigenvalue weighted by Gasteiger charge is -2.20. The van der Waals surface area contributed by atoms with Gasteiger partial charge < -0.3 is 19.5 Å². The molecule has 0 saturated heterocycles. The van der Waals surface area contributed by atoms with E-state index in [-0.39, 0.29) is 22.1 Å². The van der Waals surface area contributed by atoms with Crippen molar-refractivity contribution >= 4 is 39.6 Å². The highest BCUT2D eigenvalue weighted by atomic mass is 32.2. The predicted octanol–water partition coefficient (Wildman–Crippen LogP) is 4.17. The van der Waals surface area contributed by atoms with Crippen LogP contribution >= 0.6 is 23.1 Å². The summed E-state index contributed by atoms with van der Waals surface area (Å²) in [6.07, 6.45) is 3.01. The summed E-state index contributed by atoms with van der Waals surface area (Å²) < 4.78 is 36.2. The normalized spacial score (nSPS) is 15.0. The van der Waals surface area contributed by atoms with Crippen LogP contribution in [0.1, 0.15) is 34.2 Å². The Balaban J connectivity index is 1.83. The van der Waals surface area contributed by atoms with E-state index in [1.54, 1.807) is 40.4 Å². The fourth-order valence-corrected chi connectivity index (χ4v) is 6.84. The lowest BCUT2D eigenvalue weighted by atomic mass is 9.95. The number of methoxy groups -OCH3 is 3. The van der Waals surface area contributed by atoms with Crippen molar-refractivity contribution in [3.8, 4) is 28.4 Å². The first kappa shape index (κ1) is 27.9. The van der Waals surface area contributed by atoms with Crippen molar-refractivity contribution in [1.82, 2.24) is 10.3 Å². The number of benzene rings is 1. The Kier molecular flexibility index (Phi) is 8.64. The number of thiol groups is 1. The van der Waals surface area contributed by atoms with Gasteiger partial charge in [0.2, 0.25) is 11.7 Å². The van der Waals surface area contributed by atoms with Gasteiger partial charge in [-0.1, -0.05) is 6.07 Å². The van der Waals surface area contributed by atoms with Gasteiger partial charge in [0.05, 0.1) is 55.0 Å². The minimum absolute atomic E-state index is 0.0374. The number of thioether (sulfide) groups is 1. The average molecular weight is 576 g/mol. The molecule has 0 fully saturated rings. The Bertz CT molecular complexity index is 1530. The van der Waals surface area contributed by atoms with E-state index in [0.717, 1.165) is 28.0 Å². The average Bonchev–Trinajstić information content (AvgIpc) is 3.09. The number of amides is 1. The van der Waals surface area contributed by atoms with Crippen molar-refractivity contribution in [2.45, 2.75) is 41.5 Å². The quantitative estimate of drug-likeness (QED) is 0.270. The summed E-state index contributed by atoms with van der Waals surface area (Å²) in [4.78, 5) is 31.7. The third-order valence-electron chi connectivity index (χ3n) is 6.43. The standard InChI is InChI=1S/C26H29N3O6S3/c1-13-21(37-26(28-13)38(27)32)12-22(31)29-17-8-6-14-10-19(33-2)24(34-3)25(35-4)23(14)15-7-9-20(36-5)18(30)11-16(15)17/h7,9-11,17,27,38H,6,8,12H2,1-5H3,(H,29,31)/t17-/m0/s1. The molecule has 1 heterocycles. The van der Waals surface area contributed by atoms with Gasteiger partial charge in [0.1, 0.15) is 0 Å². The molecule has 202 valence electrons. The summed E-state index contributed by atoms with van der Waals surface area (Å²) >= 11 is 2.48. The van der Waals surface area contributed by atoms with E-state index in [1.165, 1.54) is 11.8 Å². The van der Waals surface area contributed by atoms with E-state index in [2.05, 4.69) is 10.3 Å². The largest absolute Gasteiger partial charge is 0.493 e. The van der Waals surface area contributed by atoms with Crippen LogP contribution in [0.3, 0.4) is 0 Å². The van der Waals surface area contributed by atoms with Crippen molar-refractivity contribution in [3.05, 3.63) is 56.2 Å². The molecular formula is C26H29N3O6S3. The van der Waals surface area contributed by atoms with Gasteiger partial charge in [-0.3, -0.25) is 9.59 Å². The predicted molar refractivity (Wildman–Crippen MR) is 150 cm³/mol. The van der Waals surface area contributed by atoms with Crippen molar-refractivity contribution < 1.29 is 23.2 Å². The number of ether oxygens (including phenoxy) is 3. The molecule has 1 amide bonds. The molecule has 1 unspecified atom stereocenters. The van der Waals surface area contributed by atoms with E-state index >= 15 is 0 Å². The Labute approximate surface area is 230 Å². The summed E-state index contributed by atoms with van der Waals surface area (Å²) in [5.41, 5.74) is 3.64. The monoisotopic (exact) mass is 575 g/mol. The van der Waals surface area contributed by atoms with E-state index in [1.807, 2.05) is 18.4 Å². The molecule has 2 N–H and O–H groups in total. The first-order chi connectivity index (χ1) is 18.2. The molecule has 0 spiro atoms. The van der Waals surface area contributed by atoms with E-state index in [9.17, 15) is 13.8 Å².